The molecule has 1 N–H and O–H groups in total. The first kappa shape index (κ1) is 19.7. The molecule has 0 radical (unpaired) electrons. The molecule has 0 atom stereocenters. The molecule has 5 aromatic rings. The van der Waals surface area contributed by atoms with Crippen LogP contribution in [-0.2, 0) is 4.79 Å². The van der Waals surface area contributed by atoms with Gasteiger partial charge < -0.3 is 10.1 Å². The molecule has 0 bridgehead atoms. The summed E-state index contributed by atoms with van der Waals surface area (Å²) in [7, 11) is 0. The number of nitrogens with zero attached hydrogens (tertiary/aromatic N) is 1. The molecule has 4 aromatic carbocycles. The SMILES string of the molecule is O=C(COc1ccc2ccccc2c1)Nc1ccc(Br)cc1-c1nc2ccccc2s1. The first-order valence-corrected chi connectivity index (χ1v) is 11.3. The van der Waals surface area contributed by atoms with Crippen molar-refractivity contribution in [2.45, 2.75) is 0 Å². The molecule has 6 heteroatoms. The summed E-state index contributed by atoms with van der Waals surface area (Å²) in [4.78, 5) is 17.4. The van der Waals surface area contributed by atoms with Crippen molar-refractivity contribution in [1.82, 2.24) is 4.98 Å². The Kier molecular flexibility index (Phi) is 5.40. The molecule has 0 aliphatic rings. The van der Waals surface area contributed by atoms with E-state index in [1.165, 1.54) is 0 Å². The van der Waals surface area contributed by atoms with Crippen LogP contribution in [0.5, 0.6) is 5.75 Å². The van der Waals surface area contributed by atoms with E-state index in [1.54, 1.807) is 11.3 Å². The predicted molar refractivity (Wildman–Crippen MR) is 131 cm³/mol. The number of ether oxygens (including phenoxy) is 1. The van der Waals surface area contributed by atoms with Crippen LogP contribution in [0.15, 0.2) is 89.4 Å². The van der Waals surface area contributed by atoms with Crippen molar-refractivity contribution in [1.29, 1.82) is 0 Å². The Morgan fingerprint density at radius 1 is 0.935 bits per heavy atom. The monoisotopic (exact) mass is 488 g/mol. The molecule has 0 spiro atoms. The molecule has 4 nitrogen and oxygen atoms in total. The van der Waals surface area contributed by atoms with Crippen LogP contribution in [0.3, 0.4) is 0 Å². The number of amides is 1. The Labute approximate surface area is 191 Å². The molecule has 0 aliphatic carbocycles. The van der Waals surface area contributed by atoms with E-state index in [0.717, 1.165) is 36.0 Å². The number of carbonyl (C=O) groups excluding carboxylic acids is 1. The van der Waals surface area contributed by atoms with Crippen LogP contribution in [0.25, 0.3) is 31.6 Å². The van der Waals surface area contributed by atoms with E-state index in [0.29, 0.717) is 11.4 Å². The zero-order valence-corrected chi connectivity index (χ0v) is 18.7. The summed E-state index contributed by atoms with van der Waals surface area (Å²) >= 11 is 5.12. The lowest BCUT2D eigenvalue weighted by Crippen LogP contribution is -2.20. The number of para-hydroxylation sites is 1. The summed E-state index contributed by atoms with van der Waals surface area (Å²) in [5.41, 5.74) is 2.52. The van der Waals surface area contributed by atoms with Crippen molar-refractivity contribution in [3.63, 3.8) is 0 Å². The number of aromatic nitrogens is 1. The largest absolute Gasteiger partial charge is 0.484 e. The van der Waals surface area contributed by atoms with E-state index in [-0.39, 0.29) is 12.5 Å². The third-order valence-corrected chi connectivity index (χ3v) is 6.43. The van der Waals surface area contributed by atoms with Crippen molar-refractivity contribution in [3.8, 4) is 16.3 Å². The van der Waals surface area contributed by atoms with Gasteiger partial charge in [0, 0.05) is 10.0 Å². The Morgan fingerprint density at radius 3 is 2.61 bits per heavy atom. The van der Waals surface area contributed by atoms with Gasteiger partial charge in [0.2, 0.25) is 0 Å². The molecule has 0 saturated carbocycles. The standard InChI is InChI=1S/C25H17BrN2O2S/c26-18-10-12-21(20(14-18)25-28-22-7-3-4-8-23(22)31-25)27-24(29)15-30-19-11-9-16-5-1-2-6-17(16)13-19/h1-14H,15H2,(H,27,29). The third-order valence-electron chi connectivity index (χ3n) is 4.87. The summed E-state index contributed by atoms with van der Waals surface area (Å²) in [6, 6.07) is 27.6. The number of rotatable bonds is 5. The molecule has 5 rings (SSSR count). The molecule has 0 unspecified atom stereocenters. The highest BCUT2D eigenvalue weighted by molar-refractivity contribution is 9.10. The van der Waals surface area contributed by atoms with E-state index >= 15 is 0 Å². The van der Waals surface area contributed by atoms with Crippen molar-refractivity contribution >= 4 is 59.9 Å². The molecule has 1 aromatic heterocycles. The Balaban J connectivity index is 1.35. The Hall–Kier alpha value is -3.22. The number of nitrogens with one attached hydrogen (secondary N) is 1. The van der Waals surface area contributed by atoms with Gasteiger partial charge in [0.25, 0.3) is 5.91 Å². The maximum Gasteiger partial charge on any atom is 0.262 e. The molecule has 1 amide bonds. The molecule has 152 valence electrons. The number of thiazole rings is 1. The summed E-state index contributed by atoms with van der Waals surface area (Å²) < 4.78 is 7.76. The van der Waals surface area contributed by atoms with Gasteiger partial charge in [-0.2, -0.15) is 0 Å². The minimum absolute atomic E-state index is 0.0757. The van der Waals surface area contributed by atoms with Gasteiger partial charge in [-0.3, -0.25) is 4.79 Å². The van der Waals surface area contributed by atoms with Crippen LogP contribution in [0.2, 0.25) is 0 Å². The van der Waals surface area contributed by atoms with Gasteiger partial charge in [-0.05, 0) is 53.2 Å². The summed E-state index contributed by atoms with van der Waals surface area (Å²) in [6.45, 7) is -0.0757. The molecule has 0 aliphatic heterocycles. The van der Waals surface area contributed by atoms with E-state index in [9.17, 15) is 4.79 Å². The van der Waals surface area contributed by atoms with Crippen LogP contribution in [0, 0.1) is 0 Å². The van der Waals surface area contributed by atoms with E-state index < -0.39 is 0 Å². The normalized spacial score (nSPS) is 11.0. The quantitative estimate of drug-likeness (QED) is 0.292. The van der Waals surface area contributed by atoms with Gasteiger partial charge in [-0.25, -0.2) is 4.98 Å². The smallest absolute Gasteiger partial charge is 0.262 e. The lowest BCUT2D eigenvalue weighted by atomic mass is 10.1. The number of anilines is 1. The third kappa shape index (κ3) is 4.31. The average Bonchev–Trinajstić information content (AvgIpc) is 3.23. The molecule has 1 heterocycles. The summed E-state index contributed by atoms with van der Waals surface area (Å²) in [5, 5.41) is 6.03. The molecule has 0 saturated heterocycles. The first-order chi connectivity index (χ1) is 15.2. The maximum atomic E-state index is 12.6. The fourth-order valence-corrected chi connectivity index (χ4v) is 4.74. The number of fused-ring (bicyclic) bond motifs is 2. The molecule has 0 fully saturated rings. The van der Waals surface area contributed by atoms with Gasteiger partial charge in [0.1, 0.15) is 10.8 Å². The first-order valence-electron chi connectivity index (χ1n) is 9.73. The Morgan fingerprint density at radius 2 is 1.74 bits per heavy atom. The van der Waals surface area contributed by atoms with Gasteiger partial charge in [-0.1, -0.05) is 58.4 Å². The van der Waals surface area contributed by atoms with Crippen molar-refractivity contribution < 1.29 is 9.53 Å². The lowest BCUT2D eigenvalue weighted by Gasteiger charge is -2.11. The molecular weight excluding hydrogens is 472 g/mol. The van der Waals surface area contributed by atoms with E-state index in [2.05, 4.69) is 21.2 Å². The fourth-order valence-electron chi connectivity index (χ4n) is 3.38. The zero-order valence-electron chi connectivity index (χ0n) is 16.3. The minimum Gasteiger partial charge on any atom is -0.484 e. The van der Waals surface area contributed by atoms with Crippen LogP contribution in [-0.4, -0.2) is 17.5 Å². The zero-order chi connectivity index (χ0) is 21.2. The predicted octanol–water partition coefficient (Wildman–Crippen LogP) is 6.90. The Bertz CT molecular complexity index is 1380. The van der Waals surface area contributed by atoms with Gasteiger partial charge in [0.05, 0.1) is 15.9 Å². The fraction of sp³-hybridized carbons (Fsp3) is 0.0400. The number of benzene rings is 4. The van der Waals surface area contributed by atoms with Crippen LogP contribution in [0.4, 0.5) is 5.69 Å². The second kappa shape index (κ2) is 8.49. The number of halogens is 1. The van der Waals surface area contributed by atoms with E-state index in [1.807, 2.05) is 84.9 Å². The topological polar surface area (TPSA) is 51.2 Å². The molecule has 31 heavy (non-hydrogen) atoms. The second-order valence-corrected chi connectivity index (χ2v) is 8.97. The molecular formula is C25H17BrN2O2S. The van der Waals surface area contributed by atoms with Gasteiger partial charge in [-0.15, -0.1) is 11.3 Å². The summed E-state index contributed by atoms with van der Waals surface area (Å²) in [5.74, 6) is 0.439. The van der Waals surface area contributed by atoms with E-state index in [4.69, 9.17) is 9.72 Å². The van der Waals surface area contributed by atoms with Crippen LogP contribution in [0.1, 0.15) is 0 Å². The number of carbonyl (C=O) groups is 1. The minimum atomic E-state index is -0.224. The van der Waals surface area contributed by atoms with Crippen molar-refractivity contribution in [3.05, 3.63) is 89.4 Å². The van der Waals surface area contributed by atoms with Crippen molar-refractivity contribution in [2.75, 3.05) is 11.9 Å². The lowest BCUT2D eigenvalue weighted by molar-refractivity contribution is -0.118. The van der Waals surface area contributed by atoms with Gasteiger partial charge in [0.15, 0.2) is 6.61 Å². The number of hydrogen-bond donors (Lipinski definition) is 1. The van der Waals surface area contributed by atoms with Crippen LogP contribution < -0.4 is 10.1 Å². The second-order valence-electron chi connectivity index (χ2n) is 7.02. The van der Waals surface area contributed by atoms with Crippen LogP contribution >= 0.6 is 27.3 Å². The summed E-state index contributed by atoms with van der Waals surface area (Å²) in [6.07, 6.45) is 0. The maximum absolute atomic E-state index is 12.6. The number of hydrogen-bond acceptors (Lipinski definition) is 4. The highest BCUT2D eigenvalue weighted by atomic mass is 79.9. The average molecular weight is 489 g/mol. The highest BCUT2D eigenvalue weighted by Gasteiger charge is 2.14. The highest BCUT2D eigenvalue weighted by Crippen LogP contribution is 2.36. The van der Waals surface area contributed by atoms with Gasteiger partial charge >= 0.3 is 0 Å². The van der Waals surface area contributed by atoms with Crippen molar-refractivity contribution in [2.24, 2.45) is 0 Å².